The molecule has 0 saturated heterocycles. The van der Waals surface area contributed by atoms with Crippen LogP contribution >= 0.6 is 0 Å². The van der Waals surface area contributed by atoms with Gasteiger partial charge in [-0.25, -0.2) is 4.98 Å². The van der Waals surface area contributed by atoms with Crippen molar-refractivity contribution >= 4 is 5.95 Å². The van der Waals surface area contributed by atoms with Crippen molar-refractivity contribution in [3.8, 4) is 0 Å². The molecule has 1 aromatic rings. The minimum Gasteiger partial charge on any atom is -0.341 e. The number of nitrogens with two attached hydrogens (primary N) is 1. The van der Waals surface area contributed by atoms with E-state index in [4.69, 9.17) is 5.73 Å². The van der Waals surface area contributed by atoms with E-state index >= 15 is 0 Å². The Morgan fingerprint density at radius 3 is 2.94 bits per heavy atom. The van der Waals surface area contributed by atoms with Crippen LogP contribution in [-0.4, -0.2) is 28.7 Å². The third-order valence-corrected chi connectivity index (χ3v) is 3.63. The van der Waals surface area contributed by atoms with Crippen LogP contribution in [0.4, 0.5) is 5.95 Å². The number of aromatic nitrogens is 2. The number of likely N-dealkylation sites (N-methyl/N-ethyl adjacent to an activating group) is 1. The second-order valence-corrected chi connectivity index (χ2v) is 4.64. The van der Waals surface area contributed by atoms with Crippen LogP contribution in [0.2, 0.25) is 0 Å². The zero-order valence-corrected chi connectivity index (χ0v) is 10.3. The van der Waals surface area contributed by atoms with Crippen molar-refractivity contribution in [2.75, 3.05) is 11.9 Å². The molecule has 1 aliphatic carbocycles. The molecule has 1 aliphatic rings. The summed E-state index contributed by atoms with van der Waals surface area (Å²) in [5, 5.41) is 0. The van der Waals surface area contributed by atoms with E-state index in [0.29, 0.717) is 12.1 Å². The van der Waals surface area contributed by atoms with Crippen LogP contribution in [0, 0.1) is 0 Å². The summed E-state index contributed by atoms with van der Waals surface area (Å²) in [6.45, 7) is 3.10. The topological polar surface area (TPSA) is 47.1 Å². The Bertz CT molecular complexity index is 334. The van der Waals surface area contributed by atoms with E-state index in [1.54, 1.807) is 0 Å². The second kappa shape index (κ2) is 4.87. The summed E-state index contributed by atoms with van der Waals surface area (Å²) < 4.78 is 2.17. The maximum Gasteiger partial charge on any atom is 0.205 e. The van der Waals surface area contributed by atoms with Gasteiger partial charge in [-0.05, 0) is 19.8 Å². The van der Waals surface area contributed by atoms with Crippen LogP contribution < -0.4 is 10.6 Å². The van der Waals surface area contributed by atoms with E-state index in [0.717, 1.165) is 18.9 Å². The maximum atomic E-state index is 6.20. The fourth-order valence-corrected chi connectivity index (χ4v) is 2.63. The van der Waals surface area contributed by atoms with Crippen molar-refractivity contribution in [2.24, 2.45) is 5.73 Å². The molecule has 4 heteroatoms. The largest absolute Gasteiger partial charge is 0.341 e. The first-order chi connectivity index (χ1) is 7.74. The number of rotatable bonds is 3. The van der Waals surface area contributed by atoms with Gasteiger partial charge >= 0.3 is 0 Å². The molecule has 90 valence electrons. The first kappa shape index (κ1) is 11.5. The first-order valence-electron chi connectivity index (χ1n) is 6.23. The van der Waals surface area contributed by atoms with Gasteiger partial charge in [0, 0.05) is 38.1 Å². The van der Waals surface area contributed by atoms with E-state index in [1.807, 2.05) is 12.4 Å². The summed E-state index contributed by atoms with van der Waals surface area (Å²) in [5.74, 6) is 1.05. The standard InChI is InChI=1S/C12H22N4/c1-3-16-9-8-14-12(16)15(2)11-7-5-4-6-10(11)13/h8-11H,3-7,13H2,1-2H3. The molecular formula is C12H22N4. The Morgan fingerprint density at radius 2 is 2.25 bits per heavy atom. The Kier molecular flexibility index (Phi) is 3.49. The van der Waals surface area contributed by atoms with Crippen molar-refractivity contribution < 1.29 is 0 Å². The lowest BCUT2D eigenvalue weighted by Gasteiger charge is -2.36. The van der Waals surface area contributed by atoms with Crippen LogP contribution in [0.15, 0.2) is 12.4 Å². The van der Waals surface area contributed by atoms with Crippen LogP contribution in [0.5, 0.6) is 0 Å². The normalized spacial score (nSPS) is 25.7. The molecule has 0 aromatic carbocycles. The number of nitrogens with zero attached hydrogens (tertiary/aromatic N) is 3. The van der Waals surface area contributed by atoms with Crippen LogP contribution in [0.3, 0.4) is 0 Å². The summed E-state index contributed by atoms with van der Waals surface area (Å²) in [5.41, 5.74) is 6.20. The zero-order chi connectivity index (χ0) is 11.5. The first-order valence-corrected chi connectivity index (χ1v) is 6.23. The molecule has 4 nitrogen and oxygen atoms in total. The highest BCUT2D eigenvalue weighted by Gasteiger charge is 2.27. The minimum absolute atomic E-state index is 0.292. The number of anilines is 1. The van der Waals surface area contributed by atoms with E-state index in [1.165, 1.54) is 19.3 Å². The molecule has 1 heterocycles. The molecule has 2 atom stereocenters. The fourth-order valence-electron chi connectivity index (χ4n) is 2.63. The summed E-state index contributed by atoms with van der Waals surface area (Å²) in [6.07, 6.45) is 8.78. The Hall–Kier alpha value is -1.03. The molecule has 1 saturated carbocycles. The van der Waals surface area contributed by atoms with E-state index in [9.17, 15) is 0 Å². The molecule has 1 aromatic heterocycles. The van der Waals surface area contributed by atoms with Gasteiger partial charge in [-0.1, -0.05) is 12.8 Å². The second-order valence-electron chi connectivity index (χ2n) is 4.64. The molecule has 0 radical (unpaired) electrons. The van der Waals surface area contributed by atoms with Gasteiger partial charge in [0.1, 0.15) is 0 Å². The number of hydrogen-bond donors (Lipinski definition) is 1. The highest BCUT2D eigenvalue weighted by molar-refractivity contribution is 5.32. The molecule has 2 rings (SSSR count). The average Bonchev–Trinajstić information content (AvgIpc) is 2.77. The fraction of sp³-hybridized carbons (Fsp3) is 0.750. The van der Waals surface area contributed by atoms with Crippen LogP contribution in [0.1, 0.15) is 32.6 Å². The summed E-state index contributed by atoms with van der Waals surface area (Å²) in [6, 6.07) is 0.738. The van der Waals surface area contributed by atoms with Gasteiger partial charge in [-0.2, -0.15) is 0 Å². The lowest BCUT2D eigenvalue weighted by Crippen LogP contribution is -2.48. The van der Waals surface area contributed by atoms with Gasteiger partial charge in [-0.3, -0.25) is 0 Å². The monoisotopic (exact) mass is 222 g/mol. The molecule has 2 unspecified atom stereocenters. The lowest BCUT2D eigenvalue weighted by atomic mass is 9.90. The molecule has 0 bridgehead atoms. The van der Waals surface area contributed by atoms with Crippen molar-refractivity contribution in [1.82, 2.24) is 9.55 Å². The number of imidazole rings is 1. The van der Waals surface area contributed by atoms with E-state index in [2.05, 4.69) is 28.4 Å². The quantitative estimate of drug-likeness (QED) is 0.845. The van der Waals surface area contributed by atoms with Crippen molar-refractivity contribution in [3.05, 3.63) is 12.4 Å². The minimum atomic E-state index is 0.292. The molecule has 0 spiro atoms. The Labute approximate surface area is 97.4 Å². The van der Waals surface area contributed by atoms with Gasteiger partial charge < -0.3 is 15.2 Å². The van der Waals surface area contributed by atoms with Gasteiger partial charge in [-0.15, -0.1) is 0 Å². The Balaban J connectivity index is 2.14. The maximum absolute atomic E-state index is 6.20. The van der Waals surface area contributed by atoms with Crippen molar-refractivity contribution in [3.63, 3.8) is 0 Å². The predicted molar refractivity (Wildman–Crippen MR) is 66.5 cm³/mol. The van der Waals surface area contributed by atoms with Crippen LogP contribution in [0.25, 0.3) is 0 Å². The van der Waals surface area contributed by atoms with Gasteiger partial charge in [0.25, 0.3) is 0 Å². The average molecular weight is 222 g/mol. The SMILES string of the molecule is CCn1ccnc1N(C)C1CCCCC1N. The number of aryl methyl sites for hydroxylation is 1. The van der Waals surface area contributed by atoms with E-state index < -0.39 is 0 Å². The molecule has 1 fully saturated rings. The van der Waals surface area contributed by atoms with Crippen molar-refractivity contribution in [1.29, 1.82) is 0 Å². The molecular weight excluding hydrogens is 200 g/mol. The predicted octanol–water partition coefficient (Wildman–Crippen LogP) is 1.61. The molecule has 16 heavy (non-hydrogen) atoms. The van der Waals surface area contributed by atoms with Gasteiger partial charge in [0.05, 0.1) is 0 Å². The summed E-state index contributed by atoms with van der Waals surface area (Å²) >= 11 is 0. The van der Waals surface area contributed by atoms with Crippen LogP contribution in [-0.2, 0) is 6.54 Å². The molecule has 2 N–H and O–H groups in total. The molecule has 0 amide bonds. The lowest BCUT2D eigenvalue weighted by molar-refractivity contribution is 0.369. The zero-order valence-electron chi connectivity index (χ0n) is 10.3. The molecule has 0 aliphatic heterocycles. The summed E-state index contributed by atoms with van der Waals surface area (Å²) in [7, 11) is 2.12. The number of hydrogen-bond acceptors (Lipinski definition) is 3. The van der Waals surface area contributed by atoms with E-state index in [-0.39, 0.29) is 0 Å². The smallest absolute Gasteiger partial charge is 0.205 e. The third kappa shape index (κ3) is 2.07. The highest BCUT2D eigenvalue weighted by Crippen LogP contribution is 2.24. The van der Waals surface area contributed by atoms with Gasteiger partial charge in [0.15, 0.2) is 0 Å². The summed E-state index contributed by atoms with van der Waals surface area (Å²) in [4.78, 5) is 6.69. The van der Waals surface area contributed by atoms with Crippen molar-refractivity contribution in [2.45, 2.75) is 51.2 Å². The highest BCUT2D eigenvalue weighted by atomic mass is 15.3. The van der Waals surface area contributed by atoms with Gasteiger partial charge in [0.2, 0.25) is 5.95 Å². The Morgan fingerprint density at radius 1 is 1.50 bits per heavy atom. The third-order valence-electron chi connectivity index (χ3n) is 3.63.